The maximum absolute atomic E-state index is 5.97. The second-order valence-electron chi connectivity index (χ2n) is 5.94. The van der Waals surface area contributed by atoms with Crippen LogP contribution in [0.15, 0.2) is 52.1 Å². The highest BCUT2D eigenvalue weighted by Gasteiger charge is 2.09. The highest BCUT2D eigenvalue weighted by molar-refractivity contribution is 14.0. The van der Waals surface area contributed by atoms with Crippen LogP contribution in [-0.2, 0) is 6.42 Å². The summed E-state index contributed by atoms with van der Waals surface area (Å²) in [5, 5.41) is 6.70. The third kappa shape index (κ3) is 9.09. The number of nitrogens with zero attached hydrogens (tertiary/aromatic N) is 1. The summed E-state index contributed by atoms with van der Waals surface area (Å²) in [6.45, 7) is 4.14. The molecule has 1 heterocycles. The standard InChI is InChI=1S/C20H29N3O3S.HI/c1-16(26-19-9-5-4-8-18(19)24-2)15-23-20(22-12-14-27-3)21-11-10-17-7-6-13-25-17;/h4-9,13,16H,10-12,14-15H2,1-3H3,(H2,21,22,23);1H. The molecule has 0 saturated heterocycles. The van der Waals surface area contributed by atoms with Crippen molar-refractivity contribution in [2.45, 2.75) is 19.4 Å². The molecule has 0 aliphatic carbocycles. The van der Waals surface area contributed by atoms with Crippen molar-refractivity contribution in [2.24, 2.45) is 4.99 Å². The number of furan rings is 1. The number of nitrogens with one attached hydrogen (secondary N) is 2. The lowest BCUT2D eigenvalue weighted by molar-refractivity contribution is 0.219. The Hall–Kier alpha value is -1.55. The van der Waals surface area contributed by atoms with Crippen LogP contribution >= 0.6 is 35.7 Å². The van der Waals surface area contributed by atoms with Gasteiger partial charge in [0.2, 0.25) is 0 Å². The number of thioether (sulfide) groups is 1. The van der Waals surface area contributed by atoms with Crippen molar-refractivity contribution in [3.63, 3.8) is 0 Å². The average molecular weight is 519 g/mol. The molecule has 0 aliphatic rings. The minimum absolute atomic E-state index is 0. The molecule has 6 nitrogen and oxygen atoms in total. The number of hydrogen-bond donors (Lipinski definition) is 2. The maximum atomic E-state index is 5.97. The average Bonchev–Trinajstić information content (AvgIpc) is 3.19. The number of para-hydroxylation sites is 2. The molecule has 2 N–H and O–H groups in total. The van der Waals surface area contributed by atoms with Gasteiger partial charge >= 0.3 is 0 Å². The number of halogens is 1. The highest BCUT2D eigenvalue weighted by atomic mass is 127. The molecule has 1 unspecified atom stereocenters. The van der Waals surface area contributed by atoms with Gasteiger partial charge in [0.25, 0.3) is 0 Å². The summed E-state index contributed by atoms with van der Waals surface area (Å²) >= 11 is 1.80. The van der Waals surface area contributed by atoms with Gasteiger partial charge in [-0.05, 0) is 37.4 Å². The molecule has 0 spiro atoms. The van der Waals surface area contributed by atoms with E-state index in [2.05, 4.69) is 21.9 Å². The summed E-state index contributed by atoms with van der Waals surface area (Å²) in [6, 6.07) is 11.5. The zero-order chi connectivity index (χ0) is 19.3. The first kappa shape index (κ1) is 24.5. The second-order valence-corrected chi connectivity index (χ2v) is 6.93. The van der Waals surface area contributed by atoms with Crippen LogP contribution in [-0.4, -0.2) is 50.8 Å². The molecule has 156 valence electrons. The lowest BCUT2D eigenvalue weighted by Gasteiger charge is -2.17. The Morgan fingerprint density at radius 1 is 1.14 bits per heavy atom. The number of hydrogen-bond acceptors (Lipinski definition) is 5. The Labute approximate surface area is 188 Å². The summed E-state index contributed by atoms with van der Waals surface area (Å²) in [7, 11) is 1.64. The molecular weight excluding hydrogens is 489 g/mol. The van der Waals surface area contributed by atoms with Crippen LogP contribution in [0.4, 0.5) is 0 Å². The lowest BCUT2D eigenvalue weighted by atomic mass is 10.3. The van der Waals surface area contributed by atoms with Gasteiger partial charge in [-0.25, -0.2) is 4.99 Å². The van der Waals surface area contributed by atoms with Gasteiger partial charge in [-0.3, -0.25) is 0 Å². The fourth-order valence-electron chi connectivity index (χ4n) is 2.39. The first-order chi connectivity index (χ1) is 13.2. The normalized spacial score (nSPS) is 12.0. The van der Waals surface area contributed by atoms with Crippen LogP contribution in [0.1, 0.15) is 12.7 Å². The first-order valence-corrected chi connectivity index (χ1v) is 10.5. The van der Waals surface area contributed by atoms with Crippen molar-refractivity contribution in [3.05, 3.63) is 48.4 Å². The van der Waals surface area contributed by atoms with Crippen LogP contribution in [0.5, 0.6) is 11.5 Å². The Bertz CT molecular complexity index is 683. The van der Waals surface area contributed by atoms with E-state index < -0.39 is 0 Å². The molecule has 0 bridgehead atoms. The molecule has 8 heteroatoms. The zero-order valence-corrected chi connectivity index (χ0v) is 19.8. The maximum Gasteiger partial charge on any atom is 0.191 e. The Morgan fingerprint density at radius 3 is 2.57 bits per heavy atom. The molecule has 1 atom stereocenters. The van der Waals surface area contributed by atoms with Crippen LogP contribution in [0.3, 0.4) is 0 Å². The molecule has 1 aromatic carbocycles. The van der Waals surface area contributed by atoms with E-state index in [1.54, 1.807) is 25.1 Å². The van der Waals surface area contributed by atoms with Crippen LogP contribution in [0.2, 0.25) is 0 Å². The minimum Gasteiger partial charge on any atom is -0.493 e. The number of benzene rings is 1. The first-order valence-electron chi connectivity index (χ1n) is 9.06. The molecule has 2 rings (SSSR count). The molecule has 28 heavy (non-hydrogen) atoms. The largest absolute Gasteiger partial charge is 0.493 e. The fourth-order valence-corrected chi connectivity index (χ4v) is 2.70. The number of guanidine groups is 1. The lowest BCUT2D eigenvalue weighted by Crippen LogP contribution is -2.40. The predicted molar refractivity (Wildman–Crippen MR) is 128 cm³/mol. The van der Waals surface area contributed by atoms with Crippen molar-refractivity contribution in [3.8, 4) is 11.5 Å². The van der Waals surface area contributed by atoms with E-state index in [9.17, 15) is 0 Å². The molecule has 2 aromatic rings. The minimum atomic E-state index is -0.0782. The van der Waals surface area contributed by atoms with Gasteiger partial charge in [0.05, 0.1) is 19.9 Å². The zero-order valence-electron chi connectivity index (χ0n) is 16.6. The van der Waals surface area contributed by atoms with Crippen molar-refractivity contribution in [1.82, 2.24) is 10.6 Å². The summed E-state index contributed by atoms with van der Waals surface area (Å²) in [4.78, 5) is 4.65. The van der Waals surface area contributed by atoms with Crippen LogP contribution in [0, 0.1) is 0 Å². The Balaban J connectivity index is 0.00000392. The van der Waals surface area contributed by atoms with E-state index in [4.69, 9.17) is 13.9 Å². The summed E-state index contributed by atoms with van der Waals surface area (Å²) < 4.78 is 16.7. The predicted octanol–water partition coefficient (Wildman–Crippen LogP) is 3.81. The van der Waals surface area contributed by atoms with Crippen LogP contribution in [0.25, 0.3) is 0 Å². The Kier molecular flexibility index (Phi) is 12.6. The number of methoxy groups -OCH3 is 1. The van der Waals surface area contributed by atoms with E-state index in [0.29, 0.717) is 6.54 Å². The smallest absolute Gasteiger partial charge is 0.191 e. The monoisotopic (exact) mass is 519 g/mol. The molecular formula is C20H30IN3O3S. The topological polar surface area (TPSA) is 68.0 Å². The third-order valence-electron chi connectivity index (χ3n) is 3.75. The van der Waals surface area contributed by atoms with Crippen molar-refractivity contribution in [2.75, 3.05) is 38.8 Å². The molecule has 0 radical (unpaired) electrons. The molecule has 0 aliphatic heterocycles. The summed E-state index contributed by atoms with van der Waals surface area (Å²) in [6.07, 6.45) is 4.51. The summed E-state index contributed by atoms with van der Waals surface area (Å²) in [5.41, 5.74) is 0. The van der Waals surface area contributed by atoms with Gasteiger partial charge in [-0.15, -0.1) is 24.0 Å². The quantitative estimate of drug-likeness (QED) is 0.204. The highest BCUT2D eigenvalue weighted by Crippen LogP contribution is 2.26. The molecule has 1 aromatic heterocycles. The van der Waals surface area contributed by atoms with E-state index >= 15 is 0 Å². The number of rotatable bonds is 11. The van der Waals surface area contributed by atoms with Crippen molar-refractivity contribution >= 4 is 41.7 Å². The van der Waals surface area contributed by atoms with Gasteiger partial charge in [-0.1, -0.05) is 12.1 Å². The summed E-state index contributed by atoms with van der Waals surface area (Å²) in [5.74, 6) is 4.21. The number of ether oxygens (including phenoxy) is 2. The van der Waals surface area contributed by atoms with E-state index in [-0.39, 0.29) is 30.1 Å². The van der Waals surface area contributed by atoms with Gasteiger partial charge in [-0.2, -0.15) is 11.8 Å². The van der Waals surface area contributed by atoms with Gasteiger partial charge < -0.3 is 24.5 Å². The van der Waals surface area contributed by atoms with Crippen LogP contribution < -0.4 is 20.1 Å². The van der Waals surface area contributed by atoms with Gasteiger partial charge in [0, 0.05) is 25.3 Å². The van der Waals surface area contributed by atoms with Crippen molar-refractivity contribution in [1.29, 1.82) is 0 Å². The van der Waals surface area contributed by atoms with E-state index in [1.165, 1.54) is 0 Å². The van der Waals surface area contributed by atoms with Gasteiger partial charge in [0.15, 0.2) is 17.5 Å². The molecule has 0 amide bonds. The van der Waals surface area contributed by atoms with Crippen molar-refractivity contribution < 1.29 is 13.9 Å². The Morgan fingerprint density at radius 2 is 1.89 bits per heavy atom. The van der Waals surface area contributed by atoms with E-state index in [0.717, 1.165) is 48.5 Å². The third-order valence-corrected chi connectivity index (χ3v) is 4.36. The fraction of sp³-hybridized carbons (Fsp3) is 0.450. The molecule has 0 saturated carbocycles. The second kappa shape index (κ2) is 14.4. The molecule has 0 fully saturated rings. The number of aliphatic imine (C=N–C) groups is 1. The van der Waals surface area contributed by atoms with Gasteiger partial charge in [0.1, 0.15) is 11.9 Å². The van der Waals surface area contributed by atoms with E-state index in [1.807, 2.05) is 43.3 Å². The SMILES string of the molecule is COc1ccccc1OC(C)CN=C(NCCSC)NCCc1ccco1.I.